The van der Waals surface area contributed by atoms with Crippen molar-refractivity contribution >= 4 is 45.9 Å². The Kier molecular flexibility index (Phi) is 6.90. The van der Waals surface area contributed by atoms with Crippen molar-refractivity contribution in [3.63, 3.8) is 0 Å². The van der Waals surface area contributed by atoms with Gasteiger partial charge in [-0.15, -0.1) is 0 Å². The van der Waals surface area contributed by atoms with Gasteiger partial charge >= 0.3 is 0 Å². The Hall–Kier alpha value is -4.18. The predicted octanol–water partition coefficient (Wildman–Crippen LogP) is 4.24. The lowest BCUT2D eigenvalue weighted by molar-refractivity contribution is -0.137. The number of halogens is 2. The molecule has 1 aliphatic heterocycles. The van der Waals surface area contributed by atoms with Crippen LogP contribution in [-0.4, -0.2) is 60.8 Å². The Labute approximate surface area is 222 Å². The first-order valence-electron chi connectivity index (χ1n) is 12.0. The highest BCUT2D eigenvalue weighted by Gasteiger charge is 2.40. The van der Waals surface area contributed by atoms with E-state index in [0.717, 1.165) is 11.1 Å². The summed E-state index contributed by atoms with van der Waals surface area (Å²) < 4.78 is 16.1. The molecule has 194 valence electrons. The van der Waals surface area contributed by atoms with Crippen LogP contribution in [0.15, 0.2) is 55.0 Å². The fraction of sp³-hybridized carbons (Fsp3) is 0.259. The molecule has 38 heavy (non-hydrogen) atoms. The number of pyridine rings is 1. The molecule has 9 nitrogen and oxygen atoms in total. The number of likely N-dealkylation sites (tertiary alicyclic amines) is 1. The lowest BCUT2D eigenvalue weighted by Gasteiger charge is -2.24. The number of aromatic nitrogens is 4. The molecule has 1 N–H and O–H groups in total. The fourth-order valence-corrected chi connectivity index (χ4v) is 4.83. The molecule has 1 fully saturated rings. The van der Waals surface area contributed by atoms with E-state index in [1.165, 1.54) is 11.8 Å². The number of hydrogen-bond acceptors (Lipinski definition) is 6. The van der Waals surface area contributed by atoms with Crippen molar-refractivity contribution in [2.24, 2.45) is 0 Å². The van der Waals surface area contributed by atoms with Crippen molar-refractivity contribution < 1.29 is 18.8 Å². The highest BCUT2D eigenvalue weighted by atomic mass is 35.5. The van der Waals surface area contributed by atoms with Gasteiger partial charge in [0.2, 0.25) is 11.8 Å². The first kappa shape index (κ1) is 25.5. The summed E-state index contributed by atoms with van der Waals surface area (Å²) in [7, 11) is 0. The standard InChI is InChI=1S/C27H24ClFN6O3/c1-15(36)21-13-34(22-7-6-17(8-20(21)22)18-10-30-16(2)31-11-18)14-26(37)35-12-19(29)9-23(35)27(38)33-25-5-3-4-24(28)32-25/h3-8,10-11,13,19,23H,9,12,14H2,1-2H3,(H,32,33,38). The zero-order chi connectivity index (χ0) is 27.0. The smallest absolute Gasteiger partial charge is 0.248 e. The van der Waals surface area contributed by atoms with E-state index in [1.54, 1.807) is 48.3 Å². The van der Waals surface area contributed by atoms with Crippen molar-refractivity contribution in [3.05, 3.63) is 71.5 Å². The van der Waals surface area contributed by atoms with E-state index in [9.17, 15) is 18.8 Å². The van der Waals surface area contributed by atoms with Crippen LogP contribution in [-0.2, 0) is 16.1 Å². The van der Waals surface area contributed by atoms with Crippen LogP contribution < -0.4 is 5.32 Å². The fourth-order valence-electron chi connectivity index (χ4n) is 4.66. The van der Waals surface area contributed by atoms with Crippen LogP contribution >= 0.6 is 11.6 Å². The molecule has 11 heteroatoms. The maximum Gasteiger partial charge on any atom is 0.248 e. The van der Waals surface area contributed by atoms with Gasteiger partial charge in [0.1, 0.15) is 35.6 Å². The Morgan fingerprint density at radius 3 is 2.61 bits per heavy atom. The van der Waals surface area contributed by atoms with Crippen LogP contribution in [0.5, 0.6) is 0 Å². The molecule has 4 heterocycles. The summed E-state index contributed by atoms with van der Waals surface area (Å²) in [5.41, 5.74) is 2.74. The van der Waals surface area contributed by atoms with Crippen LogP contribution in [0.4, 0.5) is 10.2 Å². The summed E-state index contributed by atoms with van der Waals surface area (Å²) in [6.07, 6.45) is 3.58. The monoisotopic (exact) mass is 534 g/mol. The second-order valence-electron chi connectivity index (χ2n) is 9.21. The highest BCUT2D eigenvalue weighted by Crippen LogP contribution is 2.29. The van der Waals surface area contributed by atoms with Gasteiger partial charge in [0.05, 0.1) is 6.54 Å². The zero-order valence-corrected chi connectivity index (χ0v) is 21.4. The number of alkyl halides is 1. The highest BCUT2D eigenvalue weighted by molar-refractivity contribution is 6.29. The summed E-state index contributed by atoms with van der Waals surface area (Å²) in [5.74, 6) is -0.270. The number of ketones is 1. The van der Waals surface area contributed by atoms with E-state index in [-0.39, 0.29) is 36.3 Å². The number of fused-ring (bicyclic) bond motifs is 1. The number of carbonyl (C=O) groups is 3. The number of hydrogen-bond donors (Lipinski definition) is 1. The topological polar surface area (TPSA) is 110 Å². The third-order valence-electron chi connectivity index (χ3n) is 6.52. The summed E-state index contributed by atoms with van der Waals surface area (Å²) in [5, 5.41) is 3.49. The predicted molar refractivity (Wildman–Crippen MR) is 141 cm³/mol. The number of Topliss-reactive ketones (excluding diaryl/α,β-unsaturated/α-hetero) is 1. The molecule has 5 rings (SSSR count). The Morgan fingerprint density at radius 1 is 1.13 bits per heavy atom. The summed E-state index contributed by atoms with van der Waals surface area (Å²) in [6.45, 7) is 2.89. The molecule has 0 spiro atoms. The summed E-state index contributed by atoms with van der Waals surface area (Å²) >= 11 is 5.88. The Morgan fingerprint density at radius 2 is 1.89 bits per heavy atom. The minimum Gasteiger partial charge on any atom is -0.337 e. The lowest BCUT2D eigenvalue weighted by atomic mass is 10.0. The summed E-state index contributed by atoms with van der Waals surface area (Å²) in [6, 6.07) is 9.30. The molecule has 3 aromatic heterocycles. The number of amides is 2. The zero-order valence-electron chi connectivity index (χ0n) is 20.7. The van der Waals surface area contributed by atoms with Gasteiger partial charge in [0.25, 0.3) is 0 Å². The quantitative estimate of drug-likeness (QED) is 0.293. The molecule has 1 saturated heterocycles. The van der Waals surface area contributed by atoms with Gasteiger partial charge in [-0.05, 0) is 43.7 Å². The molecule has 2 atom stereocenters. The first-order chi connectivity index (χ1) is 18.2. The average molecular weight is 535 g/mol. The molecule has 0 bridgehead atoms. The minimum absolute atomic E-state index is 0.120. The second kappa shape index (κ2) is 10.3. The van der Waals surface area contributed by atoms with E-state index < -0.39 is 24.0 Å². The molecule has 1 aromatic carbocycles. The molecule has 0 saturated carbocycles. The van der Waals surface area contributed by atoms with Gasteiger partial charge in [-0.25, -0.2) is 19.3 Å². The van der Waals surface area contributed by atoms with Crippen molar-refractivity contribution in [2.45, 2.75) is 39.0 Å². The maximum atomic E-state index is 14.4. The molecule has 4 aromatic rings. The molecular weight excluding hydrogens is 511 g/mol. The van der Waals surface area contributed by atoms with Gasteiger partial charge in [-0.3, -0.25) is 14.4 Å². The van der Waals surface area contributed by atoms with E-state index in [0.29, 0.717) is 22.3 Å². The van der Waals surface area contributed by atoms with Crippen molar-refractivity contribution in [2.75, 3.05) is 11.9 Å². The number of aryl methyl sites for hydroxylation is 1. The molecule has 2 unspecified atom stereocenters. The van der Waals surface area contributed by atoms with Crippen molar-refractivity contribution in [1.82, 2.24) is 24.4 Å². The SMILES string of the molecule is CC(=O)c1cn(CC(=O)N2CC(F)CC2C(=O)Nc2cccc(Cl)n2)c2ccc(-c3cnc(C)nc3)cc12. The van der Waals surface area contributed by atoms with Crippen molar-refractivity contribution in [3.8, 4) is 11.1 Å². The van der Waals surface area contributed by atoms with Gasteiger partial charge in [0, 0.05) is 47.0 Å². The van der Waals surface area contributed by atoms with Gasteiger partial charge in [-0.2, -0.15) is 0 Å². The number of nitrogens with zero attached hydrogens (tertiary/aromatic N) is 5. The molecule has 0 aliphatic carbocycles. The Bertz CT molecular complexity index is 1550. The van der Waals surface area contributed by atoms with Gasteiger partial charge in [-0.1, -0.05) is 23.7 Å². The first-order valence-corrected chi connectivity index (χ1v) is 12.4. The third kappa shape index (κ3) is 5.12. The van der Waals surface area contributed by atoms with E-state index in [4.69, 9.17) is 11.6 Å². The molecular formula is C27H24ClFN6O3. The van der Waals surface area contributed by atoms with Crippen LogP contribution in [0.2, 0.25) is 5.15 Å². The van der Waals surface area contributed by atoms with Gasteiger partial charge < -0.3 is 14.8 Å². The van der Waals surface area contributed by atoms with Gasteiger partial charge in [0.15, 0.2) is 5.78 Å². The van der Waals surface area contributed by atoms with E-state index in [2.05, 4.69) is 20.3 Å². The van der Waals surface area contributed by atoms with E-state index in [1.807, 2.05) is 18.2 Å². The molecule has 2 amide bonds. The number of rotatable bonds is 6. The molecule has 1 aliphatic rings. The van der Waals surface area contributed by atoms with Crippen LogP contribution in [0.3, 0.4) is 0 Å². The number of carbonyl (C=O) groups excluding carboxylic acids is 3. The van der Waals surface area contributed by atoms with Crippen LogP contribution in [0.25, 0.3) is 22.0 Å². The minimum atomic E-state index is -1.34. The normalized spacial score (nSPS) is 17.1. The largest absolute Gasteiger partial charge is 0.337 e. The second-order valence-corrected chi connectivity index (χ2v) is 9.59. The number of anilines is 1. The van der Waals surface area contributed by atoms with E-state index >= 15 is 0 Å². The lowest BCUT2D eigenvalue weighted by Crippen LogP contribution is -2.44. The maximum absolute atomic E-state index is 14.4. The average Bonchev–Trinajstić information content (AvgIpc) is 3.45. The summed E-state index contributed by atoms with van der Waals surface area (Å²) in [4.78, 5) is 52.4. The van der Waals surface area contributed by atoms with Crippen molar-refractivity contribution in [1.29, 1.82) is 0 Å². The third-order valence-corrected chi connectivity index (χ3v) is 6.73. The number of benzene rings is 1. The van der Waals surface area contributed by atoms with Crippen LogP contribution in [0.1, 0.15) is 29.5 Å². The number of nitrogens with one attached hydrogen (secondary N) is 1. The van der Waals surface area contributed by atoms with Crippen LogP contribution in [0, 0.1) is 6.92 Å². The molecule has 0 radical (unpaired) electrons. The Balaban J connectivity index is 1.41.